The summed E-state index contributed by atoms with van der Waals surface area (Å²) < 4.78 is 2.71. The Hall–Kier alpha value is -1.21. The maximum absolute atomic E-state index is 11.2. The van der Waals surface area contributed by atoms with E-state index in [-0.39, 0.29) is 11.1 Å². The van der Waals surface area contributed by atoms with Gasteiger partial charge in [-0.2, -0.15) is 0 Å². The van der Waals surface area contributed by atoms with Gasteiger partial charge in [-0.05, 0) is 28.1 Å². The summed E-state index contributed by atoms with van der Waals surface area (Å²) in [7, 11) is 0. The molecule has 2 rings (SSSR count). The van der Waals surface area contributed by atoms with Gasteiger partial charge in [0.2, 0.25) is 0 Å². The van der Waals surface area contributed by atoms with Gasteiger partial charge in [0.05, 0.1) is 16.0 Å². The van der Waals surface area contributed by atoms with Crippen LogP contribution in [0.2, 0.25) is 0 Å². The molecular weight excluding hydrogens is 330 g/mol. The van der Waals surface area contributed by atoms with Crippen LogP contribution < -0.4 is 0 Å². The van der Waals surface area contributed by atoms with E-state index in [2.05, 4.69) is 26.2 Å². The zero-order valence-electron chi connectivity index (χ0n) is 10.8. The predicted molar refractivity (Wildman–Crippen MR) is 76.8 cm³/mol. The highest BCUT2D eigenvalue weighted by Gasteiger charge is 2.29. The van der Waals surface area contributed by atoms with Crippen LogP contribution >= 0.6 is 27.3 Å². The molecule has 1 N–H and O–H groups in total. The minimum Gasteiger partial charge on any atom is -0.476 e. The average Bonchev–Trinajstić information content (AvgIpc) is 2.84. The summed E-state index contributed by atoms with van der Waals surface area (Å²) in [4.78, 5) is 12.3. The first-order valence-electron chi connectivity index (χ1n) is 5.70. The number of aromatic carboxylic acids is 1. The molecule has 0 unspecified atom stereocenters. The van der Waals surface area contributed by atoms with Crippen molar-refractivity contribution >= 4 is 33.2 Å². The molecule has 0 spiro atoms. The Bertz CT molecular complexity index is 613. The molecule has 0 radical (unpaired) electrons. The number of aromatic nitrogens is 3. The molecule has 2 aromatic rings. The lowest BCUT2D eigenvalue weighted by Crippen LogP contribution is -2.22. The second-order valence-electron chi connectivity index (χ2n) is 5.21. The molecule has 2 heterocycles. The second-order valence-corrected chi connectivity index (χ2v) is 7.75. The lowest BCUT2D eigenvalue weighted by atomic mass is 9.90. The summed E-state index contributed by atoms with van der Waals surface area (Å²) in [5, 5.41) is 17.0. The zero-order valence-corrected chi connectivity index (χ0v) is 13.2. The molecule has 2 aromatic heterocycles. The quantitative estimate of drug-likeness (QED) is 0.929. The van der Waals surface area contributed by atoms with Crippen LogP contribution in [0.15, 0.2) is 15.9 Å². The van der Waals surface area contributed by atoms with Crippen molar-refractivity contribution in [3.63, 3.8) is 0 Å². The van der Waals surface area contributed by atoms with Crippen molar-refractivity contribution in [1.29, 1.82) is 0 Å². The normalized spacial score (nSPS) is 11.8. The first kappa shape index (κ1) is 14.2. The predicted octanol–water partition coefficient (Wildman–Crippen LogP) is 3.15. The van der Waals surface area contributed by atoms with Crippen molar-refractivity contribution < 1.29 is 9.90 Å². The Labute approximate surface area is 123 Å². The molecule has 7 heteroatoms. The van der Waals surface area contributed by atoms with Crippen LogP contribution in [-0.4, -0.2) is 26.1 Å². The van der Waals surface area contributed by atoms with E-state index in [9.17, 15) is 9.90 Å². The first-order valence-corrected chi connectivity index (χ1v) is 7.31. The van der Waals surface area contributed by atoms with E-state index >= 15 is 0 Å². The minimum atomic E-state index is -1.04. The number of thiophene rings is 1. The van der Waals surface area contributed by atoms with Gasteiger partial charge < -0.3 is 5.11 Å². The van der Waals surface area contributed by atoms with E-state index in [0.29, 0.717) is 12.2 Å². The summed E-state index contributed by atoms with van der Waals surface area (Å²) >= 11 is 5.01. The Morgan fingerprint density at radius 2 is 2.16 bits per heavy atom. The molecule has 0 amide bonds. The van der Waals surface area contributed by atoms with Crippen LogP contribution in [0.4, 0.5) is 0 Å². The molecule has 0 aromatic carbocycles. The smallest absolute Gasteiger partial charge is 0.358 e. The van der Waals surface area contributed by atoms with E-state index in [1.165, 1.54) is 0 Å². The number of carboxylic acids is 1. The van der Waals surface area contributed by atoms with Crippen LogP contribution in [0.1, 0.15) is 41.8 Å². The van der Waals surface area contributed by atoms with Gasteiger partial charge in [-0.25, -0.2) is 9.48 Å². The van der Waals surface area contributed by atoms with Crippen molar-refractivity contribution in [2.45, 2.75) is 32.7 Å². The third-order valence-corrected chi connectivity index (χ3v) is 4.19. The highest BCUT2D eigenvalue weighted by atomic mass is 79.9. The number of carboxylic acid groups (broad SMARTS) is 1. The summed E-state index contributed by atoms with van der Waals surface area (Å²) in [5.41, 5.74) is 0.346. The summed E-state index contributed by atoms with van der Waals surface area (Å²) in [5.74, 6) is -1.04. The van der Waals surface area contributed by atoms with Crippen LogP contribution in [0.5, 0.6) is 0 Å². The second kappa shape index (κ2) is 5.05. The molecule has 0 bridgehead atoms. The monoisotopic (exact) mass is 343 g/mol. The van der Waals surface area contributed by atoms with Crippen molar-refractivity contribution in [2.75, 3.05) is 0 Å². The molecule has 19 heavy (non-hydrogen) atoms. The van der Waals surface area contributed by atoms with Gasteiger partial charge >= 0.3 is 5.97 Å². The lowest BCUT2D eigenvalue weighted by Gasteiger charge is -2.20. The van der Waals surface area contributed by atoms with E-state index in [0.717, 1.165) is 8.66 Å². The summed E-state index contributed by atoms with van der Waals surface area (Å²) in [6.45, 7) is 6.40. The molecular formula is C12H14BrN3O2S. The maximum atomic E-state index is 11.2. The largest absolute Gasteiger partial charge is 0.476 e. The topological polar surface area (TPSA) is 68.0 Å². The molecule has 0 atom stereocenters. The molecule has 0 aliphatic rings. The fraction of sp³-hybridized carbons (Fsp3) is 0.417. The zero-order chi connectivity index (χ0) is 14.2. The summed E-state index contributed by atoms with van der Waals surface area (Å²) in [6.07, 6.45) is 0. The summed E-state index contributed by atoms with van der Waals surface area (Å²) in [6, 6.07) is 3.95. The van der Waals surface area contributed by atoms with Gasteiger partial charge in [0.25, 0.3) is 0 Å². The minimum absolute atomic E-state index is 0.0307. The van der Waals surface area contributed by atoms with Gasteiger partial charge in [-0.15, -0.1) is 16.4 Å². The Morgan fingerprint density at radius 1 is 1.47 bits per heavy atom. The van der Waals surface area contributed by atoms with Gasteiger partial charge in [-0.3, -0.25) is 0 Å². The van der Waals surface area contributed by atoms with E-state index < -0.39 is 5.97 Å². The third kappa shape index (κ3) is 3.03. The van der Waals surface area contributed by atoms with Gasteiger partial charge in [0.15, 0.2) is 5.69 Å². The molecule has 5 nitrogen and oxygen atoms in total. The highest BCUT2D eigenvalue weighted by Crippen LogP contribution is 2.27. The fourth-order valence-electron chi connectivity index (χ4n) is 1.89. The highest BCUT2D eigenvalue weighted by molar-refractivity contribution is 9.11. The average molecular weight is 344 g/mol. The SMILES string of the molecule is CC(C)(C)c1c(C(=O)O)nnn1Cc1ccc(Br)s1. The fourth-order valence-corrected chi connectivity index (χ4v) is 3.36. The van der Waals surface area contributed by atoms with Crippen LogP contribution in [0.25, 0.3) is 0 Å². The van der Waals surface area contributed by atoms with Crippen molar-refractivity contribution in [2.24, 2.45) is 0 Å². The number of rotatable bonds is 3. The van der Waals surface area contributed by atoms with Gasteiger partial charge in [0, 0.05) is 10.3 Å². The molecule has 0 fully saturated rings. The Kier molecular flexibility index (Phi) is 3.78. The van der Waals surface area contributed by atoms with Gasteiger partial charge in [0.1, 0.15) is 0 Å². The van der Waals surface area contributed by atoms with Crippen molar-refractivity contribution in [3.05, 3.63) is 32.2 Å². The van der Waals surface area contributed by atoms with Gasteiger partial charge in [-0.1, -0.05) is 26.0 Å². The Balaban J connectivity index is 2.43. The van der Waals surface area contributed by atoms with Crippen molar-refractivity contribution in [1.82, 2.24) is 15.0 Å². The van der Waals surface area contributed by atoms with E-state index in [1.54, 1.807) is 16.0 Å². The number of hydrogen-bond acceptors (Lipinski definition) is 4. The standard InChI is InChI=1S/C12H14BrN3O2S/c1-12(2,3)10-9(11(17)18)14-15-16(10)6-7-4-5-8(13)19-7/h4-5H,6H2,1-3H3,(H,17,18). The number of carbonyl (C=O) groups is 1. The maximum Gasteiger partial charge on any atom is 0.358 e. The number of halogens is 1. The molecule has 0 aliphatic heterocycles. The number of hydrogen-bond donors (Lipinski definition) is 1. The van der Waals surface area contributed by atoms with E-state index in [1.807, 2.05) is 32.9 Å². The number of nitrogens with zero attached hydrogens (tertiary/aromatic N) is 3. The van der Waals surface area contributed by atoms with Crippen molar-refractivity contribution in [3.8, 4) is 0 Å². The Morgan fingerprint density at radius 3 is 2.63 bits per heavy atom. The molecule has 0 saturated heterocycles. The first-order chi connectivity index (χ1) is 8.79. The van der Waals surface area contributed by atoms with E-state index in [4.69, 9.17) is 0 Å². The van der Waals surface area contributed by atoms with Crippen LogP contribution in [0, 0.1) is 0 Å². The third-order valence-electron chi connectivity index (χ3n) is 2.58. The molecule has 0 saturated carbocycles. The van der Waals surface area contributed by atoms with Crippen LogP contribution in [0.3, 0.4) is 0 Å². The van der Waals surface area contributed by atoms with Crippen LogP contribution in [-0.2, 0) is 12.0 Å². The molecule has 0 aliphatic carbocycles. The lowest BCUT2D eigenvalue weighted by molar-refractivity contribution is 0.0687. The molecule has 102 valence electrons.